The molecule has 4 heteroatoms. The molecule has 1 aliphatic rings. The molecule has 3 nitrogen and oxygen atoms in total. The number of hydrogen-bond acceptors (Lipinski definition) is 2. The Morgan fingerprint density at radius 1 is 1.40 bits per heavy atom. The molecular weight excluding hydrogens is 150 g/mol. The van der Waals surface area contributed by atoms with Crippen molar-refractivity contribution in [1.82, 2.24) is 0 Å². The highest BCUT2D eigenvalue weighted by Gasteiger charge is 2.31. The van der Waals surface area contributed by atoms with Crippen molar-refractivity contribution in [3.8, 4) is 0 Å². The lowest BCUT2D eigenvalue weighted by atomic mass is 10.2. The van der Waals surface area contributed by atoms with Crippen molar-refractivity contribution in [1.29, 1.82) is 0 Å². The van der Waals surface area contributed by atoms with E-state index in [1.54, 1.807) is 0 Å². The summed E-state index contributed by atoms with van der Waals surface area (Å²) in [5.41, 5.74) is 0. The van der Waals surface area contributed by atoms with Gasteiger partial charge in [0, 0.05) is 6.42 Å². The fourth-order valence-electron chi connectivity index (χ4n) is 1.25. The van der Waals surface area contributed by atoms with Crippen LogP contribution in [0.15, 0.2) is 0 Å². The summed E-state index contributed by atoms with van der Waals surface area (Å²) < 4.78 is 21.9. The van der Waals surface area contributed by atoms with E-state index in [0.29, 0.717) is 17.5 Å². The van der Waals surface area contributed by atoms with Gasteiger partial charge in [-0.05, 0) is 0 Å². The zero-order chi connectivity index (χ0) is 7.78. The summed E-state index contributed by atoms with van der Waals surface area (Å²) in [6.45, 7) is 0. The minimum atomic E-state index is -2.66. The maximum Gasteiger partial charge on any atom is 0.156 e. The maximum atomic E-state index is 10.9. The van der Waals surface area contributed by atoms with E-state index in [9.17, 15) is 8.42 Å². The molecule has 0 radical (unpaired) electrons. The van der Waals surface area contributed by atoms with Gasteiger partial charge in [0.25, 0.3) is 0 Å². The third-order valence-electron chi connectivity index (χ3n) is 2.05. The molecule has 1 fully saturated rings. The molecule has 0 aromatic heterocycles. The molecule has 1 atom stereocenters. The smallest absolute Gasteiger partial charge is 0.156 e. The molecule has 1 rings (SSSR count). The van der Waals surface area contributed by atoms with Crippen LogP contribution in [0.5, 0.6) is 0 Å². The molecule has 0 aromatic rings. The molecule has 1 heterocycles. The lowest BCUT2D eigenvalue weighted by Crippen LogP contribution is -3.10. The molecule has 1 aliphatic heterocycles. The Balaban J connectivity index is 2.60. The van der Waals surface area contributed by atoms with E-state index < -0.39 is 9.84 Å². The van der Waals surface area contributed by atoms with Crippen molar-refractivity contribution in [2.45, 2.75) is 12.5 Å². The van der Waals surface area contributed by atoms with Gasteiger partial charge in [0.1, 0.15) is 11.8 Å². The molecule has 0 unspecified atom stereocenters. The largest absolute Gasteiger partial charge is 0.337 e. The second-order valence-electron chi connectivity index (χ2n) is 3.18. The third kappa shape index (κ3) is 1.70. The third-order valence-corrected chi connectivity index (χ3v) is 3.82. The highest BCUT2D eigenvalue weighted by Crippen LogP contribution is 2.07. The molecule has 0 bridgehead atoms. The molecule has 0 saturated carbocycles. The van der Waals surface area contributed by atoms with Gasteiger partial charge in [-0.3, -0.25) is 0 Å². The predicted octanol–water partition coefficient (Wildman–Crippen LogP) is -1.68. The number of nitrogens with one attached hydrogen (secondary N) is 1. The second-order valence-corrected chi connectivity index (χ2v) is 5.41. The van der Waals surface area contributed by atoms with Crippen molar-refractivity contribution in [3.05, 3.63) is 0 Å². The summed E-state index contributed by atoms with van der Waals surface area (Å²) in [5.74, 6) is 0.776. The van der Waals surface area contributed by atoms with Crippen molar-refractivity contribution in [2.75, 3.05) is 25.6 Å². The summed E-state index contributed by atoms with van der Waals surface area (Å²) in [4.78, 5) is 1.25. The lowest BCUT2D eigenvalue weighted by molar-refractivity contribution is -0.882. The van der Waals surface area contributed by atoms with Crippen LogP contribution in [0, 0.1) is 0 Å². The fourth-order valence-corrected chi connectivity index (χ4v) is 3.17. The van der Waals surface area contributed by atoms with Crippen LogP contribution in [0.25, 0.3) is 0 Å². The highest BCUT2D eigenvalue weighted by molar-refractivity contribution is 7.91. The molecule has 0 aromatic carbocycles. The number of rotatable bonds is 1. The Kier molecular flexibility index (Phi) is 2.01. The van der Waals surface area contributed by atoms with Crippen LogP contribution in [-0.2, 0) is 9.84 Å². The lowest BCUT2D eigenvalue weighted by Gasteiger charge is -2.12. The van der Waals surface area contributed by atoms with E-state index in [4.69, 9.17) is 0 Å². The summed E-state index contributed by atoms with van der Waals surface area (Å²) in [5, 5.41) is 0. The predicted molar refractivity (Wildman–Crippen MR) is 39.9 cm³/mol. The monoisotopic (exact) mass is 164 g/mol. The average Bonchev–Trinajstić information content (AvgIpc) is 2.10. The second kappa shape index (κ2) is 2.51. The molecule has 60 valence electrons. The number of sulfone groups is 1. The van der Waals surface area contributed by atoms with Gasteiger partial charge in [-0.25, -0.2) is 8.42 Å². The van der Waals surface area contributed by atoms with Gasteiger partial charge in [0.15, 0.2) is 9.84 Å². The summed E-state index contributed by atoms with van der Waals surface area (Å²) >= 11 is 0. The molecule has 1 saturated heterocycles. The van der Waals surface area contributed by atoms with Crippen LogP contribution >= 0.6 is 0 Å². The Labute approximate surface area is 61.9 Å². The van der Waals surface area contributed by atoms with E-state index in [1.807, 2.05) is 14.1 Å². The maximum absolute atomic E-state index is 10.9. The van der Waals surface area contributed by atoms with E-state index in [0.717, 1.165) is 6.42 Å². The van der Waals surface area contributed by atoms with Gasteiger partial charge in [-0.15, -0.1) is 0 Å². The van der Waals surface area contributed by atoms with Crippen molar-refractivity contribution in [2.24, 2.45) is 0 Å². The van der Waals surface area contributed by atoms with Crippen LogP contribution in [0.3, 0.4) is 0 Å². The number of quaternary nitrogens is 1. The molecular formula is C6H14NO2S+. The summed E-state index contributed by atoms with van der Waals surface area (Å²) in [7, 11) is 1.35. The first-order valence-electron chi connectivity index (χ1n) is 3.52. The van der Waals surface area contributed by atoms with Crippen LogP contribution in [-0.4, -0.2) is 40.1 Å². The van der Waals surface area contributed by atoms with E-state index >= 15 is 0 Å². The first kappa shape index (κ1) is 8.01. The van der Waals surface area contributed by atoms with Gasteiger partial charge in [-0.1, -0.05) is 0 Å². The molecule has 0 amide bonds. The Morgan fingerprint density at radius 2 is 2.00 bits per heavy atom. The molecule has 0 aliphatic carbocycles. The van der Waals surface area contributed by atoms with E-state index in [2.05, 4.69) is 0 Å². The Bertz CT molecular complexity index is 208. The van der Waals surface area contributed by atoms with E-state index in [1.165, 1.54) is 4.90 Å². The quantitative estimate of drug-likeness (QED) is 0.502. The average molecular weight is 164 g/mol. The summed E-state index contributed by atoms with van der Waals surface area (Å²) in [6, 6.07) is 0.338. The van der Waals surface area contributed by atoms with E-state index in [-0.39, 0.29) is 0 Å². The Morgan fingerprint density at radius 3 is 2.20 bits per heavy atom. The minimum absolute atomic E-state index is 0.338. The van der Waals surface area contributed by atoms with Gasteiger partial charge >= 0.3 is 0 Å². The zero-order valence-corrected chi connectivity index (χ0v) is 7.24. The van der Waals surface area contributed by atoms with Crippen LogP contribution in [0.1, 0.15) is 6.42 Å². The number of hydrogen-bond donors (Lipinski definition) is 1. The van der Waals surface area contributed by atoms with Crippen LogP contribution in [0.2, 0.25) is 0 Å². The summed E-state index contributed by atoms with van der Waals surface area (Å²) in [6.07, 6.45) is 0.838. The molecule has 10 heavy (non-hydrogen) atoms. The van der Waals surface area contributed by atoms with Crippen molar-refractivity contribution < 1.29 is 13.3 Å². The van der Waals surface area contributed by atoms with Gasteiger partial charge in [0.2, 0.25) is 0 Å². The fraction of sp³-hybridized carbons (Fsp3) is 1.00. The topological polar surface area (TPSA) is 38.6 Å². The Hall–Kier alpha value is -0.0900. The molecule has 1 N–H and O–H groups in total. The zero-order valence-electron chi connectivity index (χ0n) is 6.42. The first-order valence-corrected chi connectivity index (χ1v) is 5.34. The standard InChI is InChI=1S/C6H13NO2S/c1-7(2)6-3-4-10(8,9)5-6/h6H,3-5H2,1-2H3/p+1/t6-/m0/s1. The minimum Gasteiger partial charge on any atom is -0.337 e. The van der Waals surface area contributed by atoms with Crippen molar-refractivity contribution >= 4 is 9.84 Å². The van der Waals surface area contributed by atoms with Gasteiger partial charge in [-0.2, -0.15) is 0 Å². The normalized spacial score (nSPS) is 31.3. The first-order chi connectivity index (χ1) is 4.51. The molecule has 0 spiro atoms. The van der Waals surface area contributed by atoms with Gasteiger partial charge < -0.3 is 4.90 Å². The van der Waals surface area contributed by atoms with Crippen molar-refractivity contribution in [3.63, 3.8) is 0 Å². The highest BCUT2D eigenvalue weighted by atomic mass is 32.2. The van der Waals surface area contributed by atoms with Gasteiger partial charge in [0.05, 0.1) is 19.8 Å². The SMILES string of the molecule is C[NH+](C)[C@H]1CCS(=O)(=O)C1. The van der Waals surface area contributed by atoms with Crippen LogP contribution in [0.4, 0.5) is 0 Å². The van der Waals surface area contributed by atoms with Crippen LogP contribution < -0.4 is 4.90 Å².